The van der Waals surface area contributed by atoms with Crippen molar-refractivity contribution < 1.29 is 4.74 Å². The zero-order chi connectivity index (χ0) is 17.1. The highest BCUT2D eigenvalue weighted by molar-refractivity contribution is 9.10. The number of nitrogens with zero attached hydrogens (tertiary/aromatic N) is 4. The van der Waals surface area contributed by atoms with E-state index >= 15 is 0 Å². The van der Waals surface area contributed by atoms with Crippen molar-refractivity contribution in [1.82, 2.24) is 20.2 Å². The molecule has 0 amide bonds. The lowest BCUT2D eigenvalue weighted by Crippen LogP contribution is -2.04. The number of rotatable bonds is 5. The van der Waals surface area contributed by atoms with Crippen LogP contribution in [0.25, 0.3) is 5.69 Å². The molecule has 3 rings (SSSR count). The topological polar surface area (TPSA) is 52.8 Å². The number of aryl methyl sites for hydroxylation is 2. The van der Waals surface area contributed by atoms with Crippen LogP contribution in [0.4, 0.5) is 0 Å². The Morgan fingerprint density at radius 1 is 1.17 bits per heavy atom. The quantitative estimate of drug-likeness (QED) is 0.591. The summed E-state index contributed by atoms with van der Waals surface area (Å²) < 4.78 is 8.26. The second-order valence-corrected chi connectivity index (χ2v) is 7.22. The fraction of sp³-hybridized carbons (Fsp3) is 0.235. The van der Waals surface area contributed by atoms with Gasteiger partial charge in [-0.05, 0) is 53.6 Å². The van der Waals surface area contributed by atoms with Gasteiger partial charge >= 0.3 is 0 Å². The lowest BCUT2D eigenvalue weighted by Gasteiger charge is -2.11. The van der Waals surface area contributed by atoms with Crippen molar-refractivity contribution in [3.63, 3.8) is 0 Å². The molecule has 0 aliphatic heterocycles. The molecule has 0 radical (unpaired) electrons. The molecular formula is C17H17BrN4OS. The fourth-order valence-electron chi connectivity index (χ4n) is 2.55. The lowest BCUT2D eigenvalue weighted by atomic mass is 10.1. The van der Waals surface area contributed by atoms with Crippen molar-refractivity contribution in [2.24, 2.45) is 0 Å². The molecule has 0 spiro atoms. The number of benzene rings is 2. The summed E-state index contributed by atoms with van der Waals surface area (Å²) >= 11 is 5.09. The lowest BCUT2D eigenvalue weighted by molar-refractivity contribution is 0.411. The summed E-state index contributed by atoms with van der Waals surface area (Å²) in [4.78, 5) is 0. The van der Waals surface area contributed by atoms with Gasteiger partial charge in [-0.2, -0.15) is 4.68 Å². The number of para-hydroxylation sites is 1. The molecule has 0 aliphatic rings. The van der Waals surface area contributed by atoms with Crippen molar-refractivity contribution in [2.75, 3.05) is 7.11 Å². The third-order valence-corrected chi connectivity index (χ3v) is 5.15. The Balaban J connectivity index is 1.89. The number of tetrazole rings is 1. The summed E-state index contributed by atoms with van der Waals surface area (Å²) in [6, 6.07) is 12.1. The third kappa shape index (κ3) is 3.47. The Morgan fingerprint density at radius 3 is 2.62 bits per heavy atom. The zero-order valence-electron chi connectivity index (χ0n) is 13.7. The number of halogens is 1. The molecule has 0 saturated carbocycles. The van der Waals surface area contributed by atoms with E-state index in [1.54, 1.807) is 23.6 Å². The second-order valence-electron chi connectivity index (χ2n) is 5.36. The van der Waals surface area contributed by atoms with Crippen LogP contribution >= 0.6 is 27.7 Å². The van der Waals surface area contributed by atoms with Gasteiger partial charge in [0.1, 0.15) is 5.75 Å². The smallest absolute Gasteiger partial charge is 0.214 e. The van der Waals surface area contributed by atoms with E-state index in [4.69, 9.17) is 4.74 Å². The first-order chi connectivity index (χ1) is 11.6. The highest BCUT2D eigenvalue weighted by atomic mass is 79.9. The number of hydrogen-bond donors (Lipinski definition) is 0. The van der Waals surface area contributed by atoms with Gasteiger partial charge in [-0.15, -0.1) is 5.10 Å². The second kappa shape index (κ2) is 7.36. The molecule has 1 heterocycles. The Bertz CT molecular complexity index is 845. The molecule has 0 N–H and O–H groups in total. The van der Waals surface area contributed by atoms with Crippen LogP contribution in [0.3, 0.4) is 0 Å². The molecular weight excluding hydrogens is 388 g/mol. The first-order valence-electron chi connectivity index (χ1n) is 7.40. The van der Waals surface area contributed by atoms with Crippen molar-refractivity contribution in [2.45, 2.75) is 24.8 Å². The molecule has 0 unspecified atom stereocenters. The summed E-state index contributed by atoms with van der Waals surface area (Å²) in [6.07, 6.45) is 0. The van der Waals surface area contributed by atoms with Crippen LogP contribution in [-0.4, -0.2) is 27.3 Å². The molecule has 0 bridgehead atoms. The molecule has 2 aromatic carbocycles. The molecule has 0 atom stereocenters. The Morgan fingerprint density at radius 2 is 1.92 bits per heavy atom. The van der Waals surface area contributed by atoms with Crippen LogP contribution in [0.2, 0.25) is 0 Å². The predicted molar refractivity (Wildman–Crippen MR) is 98.9 cm³/mol. The van der Waals surface area contributed by atoms with Gasteiger partial charge in [0.15, 0.2) is 0 Å². The van der Waals surface area contributed by atoms with Gasteiger partial charge in [-0.25, -0.2) is 0 Å². The van der Waals surface area contributed by atoms with Gasteiger partial charge in [-0.3, -0.25) is 0 Å². The number of methoxy groups -OCH3 is 1. The van der Waals surface area contributed by atoms with Gasteiger partial charge < -0.3 is 4.74 Å². The molecule has 1 aromatic heterocycles. The van der Waals surface area contributed by atoms with Crippen LogP contribution in [-0.2, 0) is 5.75 Å². The van der Waals surface area contributed by atoms with Crippen molar-refractivity contribution in [3.8, 4) is 11.4 Å². The molecule has 0 fully saturated rings. The van der Waals surface area contributed by atoms with Crippen LogP contribution in [0, 0.1) is 13.8 Å². The van der Waals surface area contributed by atoms with E-state index in [1.165, 1.54) is 0 Å². The first kappa shape index (κ1) is 17.0. The minimum Gasteiger partial charge on any atom is -0.496 e. The standard InChI is InChI=1S/C17H17BrN4OS/c1-11-5-4-6-12(2)16(11)22-17(19-20-21-22)24-10-13-9-14(18)7-8-15(13)23-3/h4-9H,10H2,1-3H3. The largest absolute Gasteiger partial charge is 0.496 e. The molecule has 5 nitrogen and oxygen atoms in total. The van der Waals surface area contributed by atoms with E-state index in [1.807, 2.05) is 18.2 Å². The maximum absolute atomic E-state index is 5.43. The Hall–Kier alpha value is -1.86. The van der Waals surface area contributed by atoms with Crippen molar-refractivity contribution in [1.29, 1.82) is 0 Å². The predicted octanol–water partition coefficient (Wildman–Crippen LogP) is 4.34. The number of aromatic nitrogens is 4. The summed E-state index contributed by atoms with van der Waals surface area (Å²) in [5.74, 6) is 1.57. The molecule has 3 aromatic rings. The molecule has 0 saturated heterocycles. The Labute approximate surface area is 153 Å². The number of ether oxygens (including phenoxy) is 1. The third-order valence-electron chi connectivity index (χ3n) is 3.69. The average molecular weight is 405 g/mol. The normalized spacial score (nSPS) is 10.8. The highest BCUT2D eigenvalue weighted by Crippen LogP contribution is 2.30. The maximum Gasteiger partial charge on any atom is 0.214 e. The van der Waals surface area contributed by atoms with E-state index < -0.39 is 0 Å². The van der Waals surface area contributed by atoms with E-state index in [9.17, 15) is 0 Å². The van der Waals surface area contributed by atoms with Gasteiger partial charge in [-0.1, -0.05) is 45.9 Å². The van der Waals surface area contributed by atoms with E-state index in [0.717, 1.165) is 37.8 Å². The fourth-order valence-corrected chi connectivity index (χ4v) is 3.81. The first-order valence-corrected chi connectivity index (χ1v) is 9.18. The van der Waals surface area contributed by atoms with E-state index in [-0.39, 0.29) is 0 Å². The van der Waals surface area contributed by atoms with E-state index in [0.29, 0.717) is 5.75 Å². The molecule has 124 valence electrons. The van der Waals surface area contributed by atoms with Crippen LogP contribution in [0.15, 0.2) is 46.0 Å². The number of thioether (sulfide) groups is 1. The molecule has 7 heteroatoms. The summed E-state index contributed by atoms with van der Waals surface area (Å²) in [6.45, 7) is 4.13. The van der Waals surface area contributed by atoms with Gasteiger partial charge in [0.25, 0.3) is 0 Å². The van der Waals surface area contributed by atoms with Crippen molar-refractivity contribution in [3.05, 3.63) is 57.6 Å². The zero-order valence-corrected chi connectivity index (χ0v) is 16.1. The molecule has 0 aliphatic carbocycles. The van der Waals surface area contributed by atoms with E-state index in [2.05, 4.69) is 63.5 Å². The van der Waals surface area contributed by atoms with Gasteiger partial charge in [0, 0.05) is 15.8 Å². The van der Waals surface area contributed by atoms with Crippen LogP contribution < -0.4 is 4.74 Å². The monoisotopic (exact) mass is 404 g/mol. The highest BCUT2D eigenvalue weighted by Gasteiger charge is 2.14. The SMILES string of the molecule is COc1ccc(Br)cc1CSc1nnnn1-c1c(C)cccc1C. The minimum atomic E-state index is 0.716. The minimum absolute atomic E-state index is 0.716. The van der Waals surface area contributed by atoms with Crippen LogP contribution in [0.5, 0.6) is 5.75 Å². The molecule has 24 heavy (non-hydrogen) atoms. The summed E-state index contributed by atoms with van der Waals surface area (Å²) in [7, 11) is 1.68. The van der Waals surface area contributed by atoms with Crippen LogP contribution in [0.1, 0.15) is 16.7 Å². The maximum atomic E-state index is 5.43. The van der Waals surface area contributed by atoms with Gasteiger partial charge in [0.05, 0.1) is 12.8 Å². The number of hydrogen-bond acceptors (Lipinski definition) is 5. The summed E-state index contributed by atoms with van der Waals surface area (Å²) in [5, 5.41) is 13.0. The van der Waals surface area contributed by atoms with Crippen molar-refractivity contribution >= 4 is 27.7 Å². The summed E-state index contributed by atoms with van der Waals surface area (Å²) in [5.41, 5.74) is 4.41. The average Bonchev–Trinajstić information content (AvgIpc) is 3.01. The van der Waals surface area contributed by atoms with Gasteiger partial charge in [0.2, 0.25) is 5.16 Å². The Kier molecular flexibility index (Phi) is 5.20.